The van der Waals surface area contributed by atoms with Crippen LogP contribution in [-0.4, -0.2) is 45.0 Å². The molecule has 0 saturated carbocycles. The third kappa shape index (κ3) is 9.45. The van der Waals surface area contributed by atoms with Crippen molar-refractivity contribution in [1.29, 1.82) is 0 Å². The molecule has 0 bridgehead atoms. The van der Waals surface area contributed by atoms with Crippen molar-refractivity contribution in [3.63, 3.8) is 0 Å². The maximum atomic E-state index is 14.2. The number of anilines is 2. The first-order valence-corrected chi connectivity index (χ1v) is 19.3. The largest absolute Gasteiger partial charge is 0.493 e. The number of benzene rings is 4. The maximum Gasteiger partial charge on any atom is 0.341 e. The molecule has 0 aliphatic heterocycles. The van der Waals surface area contributed by atoms with E-state index in [4.69, 9.17) is 14.2 Å². The van der Waals surface area contributed by atoms with E-state index in [1.165, 1.54) is 44.4 Å². The van der Waals surface area contributed by atoms with Gasteiger partial charge in [0.05, 0.1) is 26.9 Å². The molecule has 0 fully saturated rings. The van der Waals surface area contributed by atoms with Crippen LogP contribution in [0.15, 0.2) is 114 Å². The topological polar surface area (TPSA) is 132 Å². The Morgan fingerprint density at radius 2 is 1.56 bits per heavy atom. The number of carbonyl (C=O) groups is 4. The summed E-state index contributed by atoms with van der Waals surface area (Å²) in [6.45, 7) is 2.19. The Balaban J connectivity index is 1.26. The van der Waals surface area contributed by atoms with E-state index in [0.29, 0.717) is 49.7 Å². The fourth-order valence-corrected chi connectivity index (χ4v) is 8.75. The summed E-state index contributed by atoms with van der Waals surface area (Å²) in [6, 6.07) is 30.3. The number of hydrogen-bond acceptors (Lipinski definition) is 9. The van der Waals surface area contributed by atoms with Gasteiger partial charge in [-0.2, -0.15) is 0 Å². The Kier molecular flexibility index (Phi) is 12.7. The molecule has 3 N–H and O–H groups in total. The highest BCUT2D eigenvalue weighted by atomic mass is 32.2. The van der Waals surface area contributed by atoms with Gasteiger partial charge in [0.1, 0.15) is 15.9 Å². The van der Waals surface area contributed by atoms with Crippen LogP contribution in [0.2, 0.25) is 0 Å². The lowest BCUT2D eigenvalue weighted by molar-refractivity contribution is -0.116. The average molecular weight is 776 g/mol. The van der Waals surface area contributed by atoms with Crippen LogP contribution in [0, 0.1) is 5.92 Å². The number of methoxy groups -OCH3 is 3. The van der Waals surface area contributed by atoms with Gasteiger partial charge >= 0.3 is 5.97 Å². The van der Waals surface area contributed by atoms with E-state index in [9.17, 15) is 19.2 Å². The molecule has 5 aromatic rings. The van der Waals surface area contributed by atoms with Gasteiger partial charge in [-0.15, -0.1) is 23.1 Å². The Morgan fingerprint density at radius 1 is 0.836 bits per heavy atom. The Bertz CT molecular complexity index is 2220. The Hall–Kier alpha value is -5.85. The first-order chi connectivity index (χ1) is 26.7. The van der Waals surface area contributed by atoms with E-state index in [2.05, 4.69) is 22.9 Å². The van der Waals surface area contributed by atoms with E-state index in [1.54, 1.807) is 72.8 Å². The van der Waals surface area contributed by atoms with Crippen LogP contribution in [0.3, 0.4) is 0 Å². The van der Waals surface area contributed by atoms with Gasteiger partial charge in [-0.05, 0) is 90.4 Å². The molecule has 4 aromatic carbocycles. The van der Waals surface area contributed by atoms with Crippen molar-refractivity contribution < 1.29 is 33.4 Å². The number of thioether (sulfide) groups is 1. The van der Waals surface area contributed by atoms with Crippen molar-refractivity contribution in [2.75, 3.05) is 32.0 Å². The van der Waals surface area contributed by atoms with Crippen molar-refractivity contribution in [3.8, 4) is 11.5 Å². The number of rotatable bonds is 13. The third-order valence-corrected chi connectivity index (χ3v) is 11.5. The molecule has 0 spiro atoms. The molecule has 12 heteroatoms. The summed E-state index contributed by atoms with van der Waals surface area (Å²) >= 11 is 2.74. The summed E-state index contributed by atoms with van der Waals surface area (Å²) in [4.78, 5) is 56.1. The van der Waals surface area contributed by atoms with E-state index < -0.39 is 23.0 Å². The molecule has 6 rings (SSSR count). The van der Waals surface area contributed by atoms with Gasteiger partial charge < -0.3 is 30.2 Å². The fourth-order valence-electron chi connectivity index (χ4n) is 6.27. The summed E-state index contributed by atoms with van der Waals surface area (Å²) in [5.41, 5.74) is 3.56. The van der Waals surface area contributed by atoms with Crippen molar-refractivity contribution in [2.45, 2.75) is 36.3 Å². The van der Waals surface area contributed by atoms with Gasteiger partial charge in [-0.25, -0.2) is 4.79 Å². The third-order valence-electron chi connectivity index (χ3n) is 9.07. The molecule has 3 amide bonds. The van der Waals surface area contributed by atoms with Gasteiger partial charge in [0, 0.05) is 21.0 Å². The van der Waals surface area contributed by atoms with Crippen molar-refractivity contribution in [2.24, 2.45) is 5.92 Å². The lowest BCUT2D eigenvalue weighted by Gasteiger charge is -2.18. The molecule has 1 aliphatic rings. The van der Waals surface area contributed by atoms with Gasteiger partial charge in [-0.3, -0.25) is 14.4 Å². The molecule has 2 unspecified atom stereocenters. The molecule has 1 aliphatic carbocycles. The highest BCUT2D eigenvalue weighted by Gasteiger charge is 2.31. The molecule has 2 atom stereocenters. The summed E-state index contributed by atoms with van der Waals surface area (Å²) in [5.74, 6) is -0.325. The minimum Gasteiger partial charge on any atom is -0.493 e. The number of amides is 3. The molecule has 282 valence electrons. The molecule has 0 saturated heterocycles. The zero-order valence-electron chi connectivity index (χ0n) is 30.8. The highest BCUT2D eigenvalue weighted by molar-refractivity contribution is 8.00. The van der Waals surface area contributed by atoms with Crippen molar-refractivity contribution in [3.05, 3.63) is 142 Å². The molecular weight excluding hydrogens is 735 g/mol. The normalized spacial score (nSPS) is 14.2. The highest BCUT2D eigenvalue weighted by Crippen LogP contribution is 2.42. The van der Waals surface area contributed by atoms with Crippen LogP contribution in [0.5, 0.6) is 11.5 Å². The van der Waals surface area contributed by atoms with Crippen LogP contribution < -0.4 is 25.4 Å². The second kappa shape index (κ2) is 18.0. The van der Waals surface area contributed by atoms with Crippen LogP contribution in [0.1, 0.15) is 60.9 Å². The fraction of sp³-hybridized carbons (Fsp3) is 0.209. The van der Waals surface area contributed by atoms with E-state index in [1.807, 2.05) is 36.4 Å². The van der Waals surface area contributed by atoms with Gasteiger partial charge in [0.25, 0.3) is 11.8 Å². The second-order valence-electron chi connectivity index (χ2n) is 12.9. The average Bonchev–Trinajstić information content (AvgIpc) is 3.56. The number of nitrogens with one attached hydrogen (secondary N) is 3. The van der Waals surface area contributed by atoms with Crippen molar-refractivity contribution >= 4 is 63.6 Å². The number of fused-ring (bicyclic) bond motifs is 1. The van der Waals surface area contributed by atoms with Gasteiger partial charge in [0.15, 0.2) is 11.5 Å². The minimum atomic E-state index is -0.707. The Morgan fingerprint density at radius 3 is 2.27 bits per heavy atom. The van der Waals surface area contributed by atoms with E-state index in [-0.39, 0.29) is 11.6 Å². The number of thiophene rings is 1. The molecule has 10 nitrogen and oxygen atoms in total. The number of hydrogen-bond donors (Lipinski definition) is 3. The van der Waals surface area contributed by atoms with E-state index in [0.717, 1.165) is 35.3 Å². The summed E-state index contributed by atoms with van der Waals surface area (Å²) < 4.78 is 15.9. The molecule has 55 heavy (non-hydrogen) atoms. The van der Waals surface area contributed by atoms with E-state index >= 15 is 0 Å². The first-order valence-electron chi connectivity index (χ1n) is 17.6. The number of esters is 1. The second-order valence-corrected chi connectivity index (χ2v) is 15.2. The smallest absolute Gasteiger partial charge is 0.341 e. The SMILES string of the molecule is COC(=O)c1c(NC(=O)C(Sc2cccc(NC(=O)/C(=C\c3ccc(OC)c(OC)c3)NC(=O)c3ccccc3)c2)c2ccccc2)sc2c1CCC(C)C2. The van der Waals surface area contributed by atoms with Crippen LogP contribution >= 0.6 is 23.1 Å². The number of carbonyl (C=O) groups excluding carboxylic acids is 4. The Labute approximate surface area is 328 Å². The molecule has 1 heterocycles. The summed E-state index contributed by atoms with van der Waals surface area (Å²) in [7, 11) is 4.40. The molecular formula is C43H41N3O7S2. The van der Waals surface area contributed by atoms with Crippen LogP contribution in [0.4, 0.5) is 10.7 Å². The minimum absolute atomic E-state index is 0.00452. The molecule has 0 radical (unpaired) electrons. The zero-order valence-corrected chi connectivity index (χ0v) is 32.5. The standard InChI is InChI=1S/C43H41N3O7S2/c1-26-18-20-32-36(22-26)55-42(37(32)43(50)53-4)46-41(49)38(28-12-7-5-8-13-28)54-31-17-11-16-30(25-31)44-40(48)33(45-39(47)29-14-9-6-10-15-29)23-27-19-21-34(51-2)35(24-27)52-3/h5-17,19,21,23-26,38H,18,20,22H2,1-4H3,(H,44,48)(H,45,47)(H,46,49)/b33-23+. The predicted molar refractivity (Wildman–Crippen MR) is 217 cm³/mol. The first kappa shape index (κ1) is 38.9. The quantitative estimate of drug-likeness (QED) is 0.0616. The lowest BCUT2D eigenvalue weighted by atomic mass is 9.88. The maximum absolute atomic E-state index is 14.2. The monoisotopic (exact) mass is 775 g/mol. The van der Waals surface area contributed by atoms with Crippen LogP contribution in [-0.2, 0) is 27.2 Å². The molecule has 1 aromatic heterocycles. The summed E-state index contributed by atoms with van der Waals surface area (Å²) in [6.07, 6.45) is 4.11. The zero-order chi connectivity index (χ0) is 38.9. The van der Waals surface area contributed by atoms with Gasteiger partial charge in [0.2, 0.25) is 5.91 Å². The van der Waals surface area contributed by atoms with Crippen molar-refractivity contribution in [1.82, 2.24) is 5.32 Å². The van der Waals surface area contributed by atoms with Gasteiger partial charge in [-0.1, -0.05) is 67.6 Å². The number of ether oxygens (including phenoxy) is 3. The predicted octanol–water partition coefficient (Wildman–Crippen LogP) is 8.56. The van der Waals surface area contributed by atoms with Crippen LogP contribution in [0.25, 0.3) is 6.08 Å². The lowest BCUT2D eigenvalue weighted by Crippen LogP contribution is -2.30. The summed E-state index contributed by atoms with van der Waals surface area (Å²) in [5, 5.41) is 8.52.